The highest BCUT2D eigenvalue weighted by Crippen LogP contribution is 2.15. The van der Waals surface area contributed by atoms with Crippen molar-refractivity contribution in [2.24, 2.45) is 10.9 Å². The molecule has 0 spiro atoms. The summed E-state index contributed by atoms with van der Waals surface area (Å²) >= 11 is 0. The molecule has 29 heavy (non-hydrogen) atoms. The molecule has 162 valence electrons. The number of carbonyl (C=O) groups is 1. The fourth-order valence-corrected chi connectivity index (χ4v) is 3.56. The highest BCUT2D eigenvalue weighted by Gasteiger charge is 2.17. The molecule has 2 amide bonds. The number of aliphatic hydroxyl groups excluding tert-OH is 1. The molecular formula is C22H37N5O2. The number of nitrogens with one attached hydrogen (secondary N) is 3. The molecule has 0 aliphatic carbocycles. The van der Waals surface area contributed by atoms with Gasteiger partial charge >= 0.3 is 6.03 Å². The number of rotatable bonds is 10. The maximum Gasteiger partial charge on any atom is 0.321 e. The number of likely N-dealkylation sites (tertiary alicyclic amines) is 1. The first kappa shape index (κ1) is 23.0. The topological polar surface area (TPSA) is 89.0 Å². The van der Waals surface area contributed by atoms with Gasteiger partial charge in [-0.05, 0) is 56.2 Å². The summed E-state index contributed by atoms with van der Waals surface area (Å²) in [5.41, 5.74) is 1.85. The standard InChI is InChI=1S/C22H37N5O2/c1-3-8-18(11-14-28)16-24-21(23-4-2)25-17-19-9-7-10-20(15-19)26-22(29)27-12-5-6-13-27/h7,9-10,15,18,28H,3-6,8,11-14,16-17H2,1-2H3,(H,26,29)(H2,23,24,25). The predicted molar refractivity (Wildman–Crippen MR) is 119 cm³/mol. The summed E-state index contributed by atoms with van der Waals surface area (Å²) in [6.45, 7) is 8.22. The third kappa shape index (κ3) is 8.31. The molecule has 1 heterocycles. The van der Waals surface area contributed by atoms with Gasteiger partial charge in [-0.25, -0.2) is 9.79 Å². The molecule has 7 nitrogen and oxygen atoms in total. The van der Waals surface area contributed by atoms with Crippen LogP contribution in [0.4, 0.5) is 10.5 Å². The number of carbonyl (C=O) groups excluding carboxylic acids is 1. The van der Waals surface area contributed by atoms with Crippen molar-refractivity contribution in [1.82, 2.24) is 15.5 Å². The number of aliphatic imine (C=N–C) groups is 1. The zero-order chi connectivity index (χ0) is 20.9. The maximum atomic E-state index is 12.3. The van der Waals surface area contributed by atoms with Gasteiger partial charge in [0.05, 0.1) is 6.54 Å². The zero-order valence-electron chi connectivity index (χ0n) is 17.9. The minimum Gasteiger partial charge on any atom is -0.396 e. The normalized spacial score (nSPS) is 15.3. The molecule has 1 aliphatic rings. The van der Waals surface area contributed by atoms with Gasteiger partial charge in [0.1, 0.15) is 0 Å². The Balaban J connectivity index is 1.92. The Kier molecular flexibility index (Phi) is 10.3. The smallest absolute Gasteiger partial charge is 0.321 e. The SMILES string of the molecule is CCCC(CCO)CNC(=NCc1cccc(NC(=O)N2CCCC2)c1)NCC. The first-order valence-electron chi connectivity index (χ1n) is 10.9. The van der Waals surface area contributed by atoms with Crippen molar-refractivity contribution in [2.75, 3.05) is 38.1 Å². The quantitative estimate of drug-likeness (QED) is 0.357. The largest absolute Gasteiger partial charge is 0.396 e. The van der Waals surface area contributed by atoms with Crippen LogP contribution >= 0.6 is 0 Å². The van der Waals surface area contributed by atoms with Crippen LogP contribution < -0.4 is 16.0 Å². The highest BCUT2D eigenvalue weighted by molar-refractivity contribution is 5.89. The summed E-state index contributed by atoms with van der Waals surface area (Å²) in [6, 6.07) is 7.83. The number of urea groups is 1. The molecule has 4 N–H and O–H groups in total. The van der Waals surface area contributed by atoms with E-state index >= 15 is 0 Å². The summed E-state index contributed by atoms with van der Waals surface area (Å²) in [6.07, 6.45) is 5.17. The lowest BCUT2D eigenvalue weighted by atomic mass is 10.0. The molecule has 1 saturated heterocycles. The van der Waals surface area contributed by atoms with Gasteiger partial charge < -0.3 is 26.0 Å². The summed E-state index contributed by atoms with van der Waals surface area (Å²) in [5.74, 6) is 1.22. The van der Waals surface area contributed by atoms with Crippen LogP contribution in [0.2, 0.25) is 0 Å². The van der Waals surface area contributed by atoms with E-state index in [9.17, 15) is 9.90 Å². The van der Waals surface area contributed by atoms with Crippen molar-refractivity contribution < 1.29 is 9.90 Å². The van der Waals surface area contributed by atoms with Crippen LogP contribution in [0.1, 0.15) is 51.5 Å². The van der Waals surface area contributed by atoms with Crippen molar-refractivity contribution in [3.63, 3.8) is 0 Å². The number of guanidine groups is 1. The third-order valence-electron chi connectivity index (χ3n) is 5.13. The molecule has 1 aromatic rings. The van der Waals surface area contributed by atoms with Crippen LogP contribution in [0.25, 0.3) is 0 Å². The van der Waals surface area contributed by atoms with Crippen LogP contribution in [-0.2, 0) is 6.54 Å². The lowest BCUT2D eigenvalue weighted by Gasteiger charge is -2.18. The van der Waals surface area contributed by atoms with Crippen LogP contribution in [-0.4, -0.2) is 54.8 Å². The second-order valence-corrected chi connectivity index (χ2v) is 7.57. The third-order valence-corrected chi connectivity index (χ3v) is 5.13. The average Bonchev–Trinajstić information content (AvgIpc) is 3.26. The van der Waals surface area contributed by atoms with Crippen LogP contribution in [0.15, 0.2) is 29.3 Å². The molecule has 7 heteroatoms. The lowest BCUT2D eigenvalue weighted by molar-refractivity contribution is 0.222. The molecular weight excluding hydrogens is 366 g/mol. The Bertz CT molecular complexity index is 638. The van der Waals surface area contributed by atoms with Crippen LogP contribution in [0.3, 0.4) is 0 Å². The minimum absolute atomic E-state index is 0.0241. The number of nitrogens with zero attached hydrogens (tertiary/aromatic N) is 2. The van der Waals surface area contributed by atoms with Crippen molar-refractivity contribution in [3.8, 4) is 0 Å². The van der Waals surface area contributed by atoms with E-state index in [-0.39, 0.29) is 12.6 Å². The minimum atomic E-state index is -0.0241. The van der Waals surface area contributed by atoms with Gasteiger partial charge in [0.2, 0.25) is 0 Å². The second-order valence-electron chi connectivity index (χ2n) is 7.57. The van der Waals surface area contributed by atoms with E-state index in [1.807, 2.05) is 36.1 Å². The summed E-state index contributed by atoms with van der Waals surface area (Å²) < 4.78 is 0. The number of hydrogen-bond donors (Lipinski definition) is 4. The Labute approximate surface area is 175 Å². The van der Waals surface area contributed by atoms with Gasteiger partial charge in [0, 0.05) is 38.5 Å². The average molecular weight is 404 g/mol. The van der Waals surface area contributed by atoms with E-state index in [0.717, 1.165) is 75.5 Å². The number of amides is 2. The molecule has 0 aromatic heterocycles. The molecule has 1 fully saturated rings. The Morgan fingerprint density at radius 3 is 2.69 bits per heavy atom. The number of aliphatic hydroxyl groups is 1. The monoisotopic (exact) mass is 403 g/mol. The molecule has 0 saturated carbocycles. The number of anilines is 1. The van der Waals surface area contributed by atoms with Gasteiger partial charge in [0.15, 0.2) is 5.96 Å². The van der Waals surface area contributed by atoms with E-state index in [0.29, 0.717) is 12.5 Å². The summed E-state index contributed by atoms with van der Waals surface area (Å²) in [7, 11) is 0. The first-order valence-corrected chi connectivity index (χ1v) is 10.9. The number of benzene rings is 1. The van der Waals surface area contributed by atoms with Gasteiger partial charge in [-0.2, -0.15) is 0 Å². The van der Waals surface area contributed by atoms with E-state index in [2.05, 4.69) is 27.9 Å². The van der Waals surface area contributed by atoms with Gasteiger partial charge in [0.25, 0.3) is 0 Å². The van der Waals surface area contributed by atoms with Gasteiger partial charge in [-0.3, -0.25) is 0 Å². The predicted octanol–water partition coefficient (Wildman–Crippen LogP) is 3.17. The van der Waals surface area contributed by atoms with Crippen molar-refractivity contribution >= 4 is 17.7 Å². The fraction of sp³-hybridized carbons (Fsp3) is 0.636. The number of hydrogen-bond acceptors (Lipinski definition) is 3. The fourth-order valence-electron chi connectivity index (χ4n) is 3.56. The molecule has 1 aliphatic heterocycles. The van der Waals surface area contributed by atoms with E-state index in [4.69, 9.17) is 0 Å². The lowest BCUT2D eigenvalue weighted by Crippen LogP contribution is -2.40. The summed E-state index contributed by atoms with van der Waals surface area (Å²) in [5, 5.41) is 18.9. The molecule has 0 bridgehead atoms. The van der Waals surface area contributed by atoms with Crippen LogP contribution in [0, 0.1) is 5.92 Å². The zero-order valence-corrected chi connectivity index (χ0v) is 17.9. The molecule has 1 aromatic carbocycles. The van der Waals surface area contributed by atoms with Crippen LogP contribution in [0.5, 0.6) is 0 Å². The summed E-state index contributed by atoms with van der Waals surface area (Å²) in [4.78, 5) is 18.8. The maximum absolute atomic E-state index is 12.3. The Morgan fingerprint density at radius 1 is 1.21 bits per heavy atom. The van der Waals surface area contributed by atoms with Gasteiger partial charge in [-0.1, -0.05) is 25.5 Å². The second kappa shape index (κ2) is 13.0. The molecule has 1 atom stereocenters. The van der Waals surface area contributed by atoms with Gasteiger partial charge in [-0.15, -0.1) is 0 Å². The molecule has 1 unspecified atom stereocenters. The van der Waals surface area contributed by atoms with Crippen molar-refractivity contribution in [3.05, 3.63) is 29.8 Å². The Hall–Kier alpha value is -2.28. The van der Waals surface area contributed by atoms with E-state index in [1.165, 1.54) is 0 Å². The first-order chi connectivity index (χ1) is 14.2. The van der Waals surface area contributed by atoms with Crippen molar-refractivity contribution in [1.29, 1.82) is 0 Å². The molecule has 0 radical (unpaired) electrons. The van der Waals surface area contributed by atoms with E-state index < -0.39 is 0 Å². The van der Waals surface area contributed by atoms with Crippen molar-refractivity contribution in [2.45, 2.75) is 52.5 Å². The highest BCUT2D eigenvalue weighted by atomic mass is 16.3. The molecule has 2 rings (SSSR count). The Morgan fingerprint density at radius 2 is 2.00 bits per heavy atom. The van der Waals surface area contributed by atoms with E-state index in [1.54, 1.807) is 0 Å².